The zero-order valence-electron chi connectivity index (χ0n) is 24.0. The first-order chi connectivity index (χ1) is 18.9. The average molecular weight is 696 g/mol. The maximum Gasteiger partial charge on any atom is 0.353 e. The number of nitrogens with one attached hydrogen (secondary N) is 6. The van der Waals surface area contributed by atoms with E-state index in [1.807, 2.05) is 10.9 Å². The number of carbonyl (C=O) groups excluding carboxylic acids is 6. The molecule has 252 valence electrons. The molecule has 20 heteroatoms. The van der Waals surface area contributed by atoms with Crippen molar-refractivity contribution in [2.24, 2.45) is 35.1 Å². The van der Waals surface area contributed by atoms with Gasteiger partial charge in [-0.2, -0.15) is 25.7 Å². The van der Waals surface area contributed by atoms with E-state index in [-0.39, 0.29) is 65.8 Å². The Labute approximate surface area is 282 Å². The molecule has 2 aliphatic rings. The summed E-state index contributed by atoms with van der Waals surface area (Å²) in [5.74, 6) is 24.7. The van der Waals surface area contributed by atoms with Gasteiger partial charge in [0.25, 0.3) is 0 Å². The Morgan fingerprint density at radius 2 is 0.791 bits per heavy atom. The van der Waals surface area contributed by atoms with E-state index in [2.05, 4.69) is 47.9 Å². The number of carbonyl (C=O) groups is 6. The fourth-order valence-electron chi connectivity index (χ4n) is 2.25. The second-order valence-electron chi connectivity index (χ2n) is 7.73. The summed E-state index contributed by atoms with van der Waals surface area (Å²) in [7, 11) is 0.694. The molecule has 0 saturated heterocycles. The Morgan fingerprint density at radius 1 is 0.535 bits per heavy atom. The van der Waals surface area contributed by atoms with Crippen LogP contribution in [0.25, 0.3) is 0 Å². The molecule has 2 aliphatic carbocycles. The van der Waals surface area contributed by atoms with Gasteiger partial charge in [-0.3, -0.25) is 50.5 Å². The van der Waals surface area contributed by atoms with E-state index in [1.165, 1.54) is 78.1 Å². The van der Waals surface area contributed by atoms with Gasteiger partial charge in [-0.25, -0.2) is 35.1 Å². The molecule has 0 atom stereocenters. The average Bonchev–Trinajstić information content (AvgIpc) is 3.00. The first-order valence-electron chi connectivity index (χ1n) is 12.4. The Balaban J connectivity index is -0.0000000724. The maximum atomic E-state index is 10.2. The number of nitrogens with two attached hydrogens (primary N) is 6. The summed E-state index contributed by atoms with van der Waals surface area (Å²) in [6.45, 7) is 2.69. The van der Waals surface area contributed by atoms with Gasteiger partial charge in [-0.05, 0) is 0 Å². The number of rotatable bonds is 4. The van der Waals surface area contributed by atoms with Crippen LogP contribution >= 0.6 is 0 Å². The standard InChI is InChI=1S/2C6H11.C3H8N4O2.C2H6BN4O2.2C2H6N2O.2CH4.Y/c2*1-2-4-6-5-3-1;4-6-2(8)1-3(9)7-5;4-6-1(8)3-2(9)7-5;2*1-2(5)4-3;;;/h2*1H,2-6H2;1,4-5H2,(H,6,8)(H,7,9);4-5H2,(H,6,8)(H,7,9);2*3H2,1H3,(H,4,5);2*1H4;/q2*-1;;;;;;;. The minimum Gasteiger partial charge on any atom is -0.328 e. The van der Waals surface area contributed by atoms with E-state index in [4.69, 9.17) is 0 Å². The normalized spacial score (nSPS) is 11.6. The Morgan fingerprint density at radius 3 is 0.907 bits per heavy atom. The van der Waals surface area contributed by atoms with Crippen LogP contribution in [0.5, 0.6) is 0 Å². The van der Waals surface area contributed by atoms with Gasteiger partial charge >= 0.3 is 7.28 Å². The van der Waals surface area contributed by atoms with Crippen LogP contribution in [-0.2, 0) is 51.9 Å². The van der Waals surface area contributed by atoms with Crippen molar-refractivity contribution in [3.8, 4) is 0 Å². The van der Waals surface area contributed by atoms with Gasteiger partial charge in [0.05, 0.1) is 0 Å². The molecular weight excluding hydrogens is 640 g/mol. The van der Waals surface area contributed by atoms with E-state index < -0.39 is 23.4 Å². The molecule has 18 N–H and O–H groups in total. The van der Waals surface area contributed by atoms with Gasteiger partial charge in [0.1, 0.15) is 6.42 Å². The first-order valence-corrected chi connectivity index (χ1v) is 12.4. The molecule has 2 rings (SSSR count). The van der Waals surface area contributed by atoms with Crippen molar-refractivity contribution in [1.29, 1.82) is 0 Å². The van der Waals surface area contributed by atoms with Crippen molar-refractivity contribution in [2.45, 2.75) is 99.3 Å². The third-order valence-electron chi connectivity index (χ3n) is 4.23. The van der Waals surface area contributed by atoms with Gasteiger partial charge in [0.2, 0.25) is 23.6 Å². The summed E-state index contributed by atoms with van der Waals surface area (Å²) >= 11 is 0. The SMILES string of the molecule is C.C.CC(=O)NN.CC(=O)NN.NNC(=O)CC(=O)NN.NNC(=O)[B]C(=O)NN.[CH-]1CCCCC1.[CH-]1CCCCC1.[Y]. The molecule has 0 aliphatic heterocycles. The molecule has 0 heterocycles. The molecule has 6 amide bonds. The van der Waals surface area contributed by atoms with Gasteiger partial charge < -0.3 is 23.7 Å². The van der Waals surface area contributed by atoms with E-state index in [0.717, 1.165) is 0 Å². The Hall–Kier alpha value is -2.25. The Kier molecular flexibility index (Phi) is 61.4. The van der Waals surface area contributed by atoms with Crippen molar-refractivity contribution in [1.82, 2.24) is 32.6 Å². The number of hydrogen-bond acceptors (Lipinski definition) is 12. The summed E-state index contributed by atoms with van der Waals surface area (Å²) < 4.78 is 0. The molecule has 43 heavy (non-hydrogen) atoms. The molecule has 0 unspecified atom stereocenters. The molecule has 0 spiro atoms. The summed E-state index contributed by atoms with van der Waals surface area (Å²) in [6, 6.07) is 0. The molecule has 0 aromatic carbocycles. The maximum absolute atomic E-state index is 10.2. The van der Waals surface area contributed by atoms with Crippen LogP contribution in [0, 0.1) is 12.8 Å². The summed E-state index contributed by atoms with van der Waals surface area (Å²) in [6.07, 6.45) is 18.7. The third kappa shape index (κ3) is 64.0. The van der Waals surface area contributed by atoms with Gasteiger partial charge in [0, 0.05) is 46.6 Å². The van der Waals surface area contributed by atoms with E-state index >= 15 is 0 Å². The van der Waals surface area contributed by atoms with Crippen LogP contribution in [0.15, 0.2) is 0 Å². The van der Waals surface area contributed by atoms with Crippen molar-refractivity contribution < 1.29 is 61.5 Å². The molecule has 2 fully saturated rings. The van der Waals surface area contributed by atoms with Gasteiger partial charge in [-0.15, -0.1) is 0 Å². The second-order valence-corrected chi connectivity index (χ2v) is 7.73. The number of amides is 6. The van der Waals surface area contributed by atoms with E-state index in [0.29, 0.717) is 7.28 Å². The van der Waals surface area contributed by atoms with E-state index in [1.54, 1.807) is 21.7 Å². The largest absolute Gasteiger partial charge is 0.353 e. The van der Waals surface area contributed by atoms with Crippen LogP contribution in [0.1, 0.15) is 99.3 Å². The van der Waals surface area contributed by atoms with Gasteiger partial charge in [-0.1, -0.05) is 53.4 Å². The topological polar surface area (TPSA) is 331 Å². The number of hydrogen-bond donors (Lipinski definition) is 12. The smallest absolute Gasteiger partial charge is 0.328 e. The minimum absolute atomic E-state index is 0. The van der Waals surface area contributed by atoms with Crippen LogP contribution in [0.3, 0.4) is 0 Å². The zero-order valence-corrected chi connectivity index (χ0v) is 26.8. The van der Waals surface area contributed by atoms with Crippen molar-refractivity contribution >= 4 is 42.5 Å². The molecular formula is C23H56BN12O6Y-2. The summed E-state index contributed by atoms with van der Waals surface area (Å²) in [5, 5.41) is 0. The second kappa shape index (κ2) is 46.7. The quantitative estimate of drug-likeness (QED) is 0.0411. The van der Waals surface area contributed by atoms with Crippen molar-refractivity contribution in [3.63, 3.8) is 0 Å². The van der Waals surface area contributed by atoms with Crippen LogP contribution in [0.2, 0.25) is 0 Å². The van der Waals surface area contributed by atoms with E-state index in [9.17, 15) is 28.8 Å². The predicted octanol–water partition coefficient (Wildman–Crippen LogP) is -1.21. The minimum atomic E-state index is -0.696. The fraction of sp³-hybridized carbons (Fsp3) is 0.652. The van der Waals surface area contributed by atoms with Crippen molar-refractivity contribution in [2.75, 3.05) is 0 Å². The fourth-order valence-corrected chi connectivity index (χ4v) is 2.25. The van der Waals surface area contributed by atoms with Crippen LogP contribution in [-0.4, -0.2) is 42.5 Å². The van der Waals surface area contributed by atoms with Gasteiger partial charge in [0.15, 0.2) is 11.6 Å². The summed E-state index contributed by atoms with van der Waals surface area (Å²) in [5.41, 5.74) is 10.8. The van der Waals surface area contributed by atoms with Crippen molar-refractivity contribution in [3.05, 3.63) is 12.8 Å². The Bertz CT molecular complexity index is 582. The zero-order chi connectivity index (χ0) is 31.6. The monoisotopic (exact) mass is 696 g/mol. The molecule has 0 aromatic rings. The predicted molar refractivity (Wildman–Crippen MR) is 165 cm³/mol. The van der Waals surface area contributed by atoms with Crippen LogP contribution in [0.4, 0.5) is 9.59 Å². The molecule has 2 saturated carbocycles. The molecule has 0 bridgehead atoms. The van der Waals surface area contributed by atoms with Crippen LogP contribution < -0.4 is 67.6 Å². The molecule has 2 radical (unpaired) electrons. The molecule has 18 nitrogen and oxygen atoms in total. The molecule has 0 aromatic heterocycles. The third-order valence-corrected chi connectivity index (χ3v) is 4.23. The first kappa shape index (κ1) is 56.5. The number of hydrazine groups is 6. The summed E-state index contributed by atoms with van der Waals surface area (Å²) in [4.78, 5) is 60.0.